The Hall–Kier alpha value is -0.900. The summed E-state index contributed by atoms with van der Waals surface area (Å²) < 4.78 is 38.7. The number of nitrogens with zero attached hydrogens (tertiary/aromatic N) is 1. The standard InChI is InChI=1S/C20H40N4O4S/c1-20(2,3)18-16(8-7-12-28-18)14-23-19(21-4)22-10-13-29(25,26)24-15-17-9-5-6-11-27-17/h16-18,24H,5-15H2,1-4H3,(H2,21,22,23). The van der Waals surface area contributed by atoms with Gasteiger partial charge in [0.25, 0.3) is 0 Å². The van der Waals surface area contributed by atoms with E-state index < -0.39 is 10.0 Å². The summed E-state index contributed by atoms with van der Waals surface area (Å²) in [5, 5.41) is 6.44. The predicted octanol–water partition coefficient (Wildman–Crippen LogP) is 1.48. The molecule has 2 aliphatic rings. The van der Waals surface area contributed by atoms with Gasteiger partial charge in [0.1, 0.15) is 0 Å². The largest absolute Gasteiger partial charge is 0.377 e. The van der Waals surface area contributed by atoms with Gasteiger partial charge >= 0.3 is 0 Å². The molecule has 0 amide bonds. The number of nitrogens with one attached hydrogen (secondary N) is 3. The van der Waals surface area contributed by atoms with Gasteiger partial charge < -0.3 is 20.1 Å². The fraction of sp³-hybridized carbons (Fsp3) is 0.950. The minimum absolute atomic E-state index is 0.00240. The molecule has 0 radical (unpaired) electrons. The van der Waals surface area contributed by atoms with Gasteiger partial charge in [-0.1, -0.05) is 20.8 Å². The van der Waals surface area contributed by atoms with Gasteiger partial charge in [0, 0.05) is 45.8 Å². The molecular formula is C20H40N4O4S. The molecular weight excluding hydrogens is 392 g/mol. The van der Waals surface area contributed by atoms with Gasteiger partial charge in [0.15, 0.2) is 5.96 Å². The highest BCUT2D eigenvalue weighted by molar-refractivity contribution is 7.89. The third-order valence-corrected chi connectivity index (χ3v) is 6.87. The summed E-state index contributed by atoms with van der Waals surface area (Å²) in [6, 6.07) is 0. The number of aliphatic imine (C=N–C) groups is 1. The van der Waals surface area contributed by atoms with E-state index in [-0.39, 0.29) is 23.4 Å². The maximum absolute atomic E-state index is 12.2. The van der Waals surface area contributed by atoms with Crippen LogP contribution in [0.5, 0.6) is 0 Å². The van der Waals surface area contributed by atoms with Crippen LogP contribution in [0.4, 0.5) is 0 Å². The monoisotopic (exact) mass is 432 g/mol. The average Bonchev–Trinajstić information content (AvgIpc) is 2.69. The lowest BCUT2D eigenvalue weighted by Gasteiger charge is -2.40. The molecule has 2 heterocycles. The number of sulfonamides is 1. The highest BCUT2D eigenvalue weighted by atomic mass is 32.2. The van der Waals surface area contributed by atoms with Crippen molar-refractivity contribution in [3.63, 3.8) is 0 Å². The van der Waals surface area contributed by atoms with Gasteiger partial charge in [0.2, 0.25) is 10.0 Å². The average molecular weight is 433 g/mol. The molecule has 3 atom stereocenters. The van der Waals surface area contributed by atoms with E-state index in [0.29, 0.717) is 25.0 Å². The van der Waals surface area contributed by atoms with Crippen LogP contribution in [0.2, 0.25) is 0 Å². The van der Waals surface area contributed by atoms with Crippen LogP contribution < -0.4 is 15.4 Å². The SMILES string of the molecule is CN=C(NCCS(=O)(=O)NCC1CCCCO1)NCC1CCCOC1C(C)(C)C. The van der Waals surface area contributed by atoms with Crippen LogP contribution in [0, 0.1) is 11.3 Å². The quantitative estimate of drug-likeness (QED) is 0.397. The molecule has 8 nitrogen and oxygen atoms in total. The smallest absolute Gasteiger partial charge is 0.213 e. The Balaban J connectivity index is 1.71. The van der Waals surface area contributed by atoms with Crippen LogP contribution in [0.1, 0.15) is 52.9 Å². The van der Waals surface area contributed by atoms with Gasteiger partial charge in [-0.3, -0.25) is 4.99 Å². The first kappa shape index (κ1) is 24.4. The Kier molecular flexibility index (Phi) is 9.65. The zero-order valence-corrected chi connectivity index (χ0v) is 19.3. The minimum atomic E-state index is -3.34. The fourth-order valence-electron chi connectivity index (χ4n) is 4.02. The van der Waals surface area contributed by atoms with Crippen molar-refractivity contribution >= 4 is 16.0 Å². The first-order valence-electron chi connectivity index (χ1n) is 10.9. The second kappa shape index (κ2) is 11.5. The van der Waals surface area contributed by atoms with E-state index in [9.17, 15) is 8.42 Å². The van der Waals surface area contributed by atoms with Crippen molar-refractivity contribution < 1.29 is 17.9 Å². The van der Waals surface area contributed by atoms with Gasteiger partial charge in [-0.15, -0.1) is 0 Å². The molecule has 0 bridgehead atoms. The lowest BCUT2D eigenvalue weighted by Crippen LogP contribution is -2.48. The van der Waals surface area contributed by atoms with Crippen LogP contribution >= 0.6 is 0 Å². The number of guanidine groups is 1. The van der Waals surface area contributed by atoms with Gasteiger partial charge in [-0.25, -0.2) is 13.1 Å². The van der Waals surface area contributed by atoms with Crippen molar-refractivity contribution in [2.45, 2.75) is 65.1 Å². The Bertz CT molecular complexity index is 612. The molecule has 2 rings (SSSR count). The summed E-state index contributed by atoms with van der Waals surface area (Å²) >= 11 is 0. The van der Waals surface area contributed by atoms with E-state index in [4.69, 9.17) is 9.47 Å². The number of hydrogen-bond donors (Lipinski definition) is 3. The highest BCUT2D eigenvalue weighted by Crippen LogP contribution is 2.33. The summed E-state index contributed by atoms with van der Waals surface area (Å²) in [5.41, 5.74) is 0.0888. The summed E-state index contributed by atoms with van der Waals surface area (Å²) in [6.07, 6.45) is 5.45. The zero-order valence-electron chi connectivity index (χ0n) is 18.5. The number of rotatable bonds is 8. The molecule has 3 unspecified atom stereocenters. The van der Waals surface area contributed by atoms with E-state index >= 15 is 0 Å². The van der Waals surface area contributed by atoms with E-state index in [0.717, 1.165) is 51.9 Å². The molecule has 2 saturated heterocycles. The highest BCUT2D eigenvalue weighted by Gasteiger charge is 2.35. The Labute approximate surface area is 176 Å². The van der Waals surface area contributed by atoms with E-state index in [2.05, 4.69) is 41.1 Å². The van der Waals surface area contributed by atoms with Crippen molar-refractivity contribution in [2.75, 3.05) is 45.6 Å². The first-order valence-corrected chi connectivity index (χ1v) is 12.5. The van der Waals surface area contributed by atoms with Gasteiger partial charge in [0.05, 0.1) is 18.0 Å². The number of ether oxygens (including phenoxy) is 2. The van der Waals surface area contributed by atoms with E-state index in [1.165, 1.54) is 0 Å². The van der Waals surface area contributed by atoms with Crippen LogP contribution in [0.25, 0.3) is 0 Å². The Morgan fingerprint density at radius 1 is 1.03 bits per heavy atom. The summed E-state index contributed by atoms with van der Waals surface area (Å²) in [5.74, 6) is 1.02. The van der Waals surface area contributed by atoms with Crippen molar-refractivity contribution in [1.29, 1.82) is 0 Å². The first-order chi connectivity index (χ1) is 13.7. The third-order valence-electron chi connectivity index (χ3n) is 5.52. The van der Waals surface area contributed by atoms with Crippen LogP contribution in [-0.2, 0) is 19.5 Å². The van der Waals surface area contributed by atoms with Crippen molar-refractivity contribution in [2.24, 2.45) is 16.3 Å². The summed E-state index contributed by atoms with van der Waals surface area (Å²) in [6.45, 7) is 9.57. The van der Waals surface area contributed by atoms with Crippen molar-refractivity contribution in [3.05, 3.63) is 0 Å². The lowest BCUT2D eigenvalue weighted by molar-refractivity contribution is -0.0835. The lowest BCUT2D eigenvalue weighted by atomic mass is 9.78. The van der Waals surface area contributed by atoms with Gasteiger partial charge in [-0.2, -0.15) is 0 Å². The molecule has 9 heteroatoms. The van der Waals surface area contributed by atoms with Crippen LogP contribution in [-0.4, -0.2) is 72.2 Å². The Morgan fingerprint density at radius 3 is 2.45 bits per heavy atom. The Morgan fingerprint density at radius 2 is 1.79 bits per heavy atom. The molecule has 0 aliphatic carbocycles. The maximum Gasteiger partial charge on any atom is 0.213 e. The summed E-state index contributed by atoms with van der Waals surface area (Å²) in [7, 11) is -1.65. The molecule has 2 fully saturated rings. The van der Waals surface area contributed by atoms with Crippen LogP contribution in [0.3, 0.4) is 0 Å². The fourth-order valence-corrected chi connectivity index (χ4v) is 4.98. The second-order valence-electron chi connectivity index (χ2n) is 9.10. The number of hydrogen-bond acceptors (Lipinski definition) is 5. The third kappa shape index (κ3) is 8.78. The molecule has 29 heavy (non-hydrogen) atoms. The molecule has 0 saturated carbocycles. The normalized spacial score (nSPS) is 26.9. The van der Waals surface area contributed by atoms with Crippen molar-refractivity contribution in [3.8, 4) is 0 Å². The van der Waals surface area contributed by atoms with Gasteiger partial charge in [-0.05, 0) is 37.5 Å². The second-order valence-corrected chi connectivity index (χ2v) is 11.0. The molecule has 3 N–H and O–H groups in total. The topological polar surface area (TPSA) is 101 Å². The predicted molar refractivity (Wildman–Crippen MR) is 117 cm³/mol. The maximum atomic E-state index is 12.2. The summed E-state index contributed by atoms with van der Waals surface area (Å²) in [4.78, 5) is 4.22. The minimum Gasteiger partial charge on any atom is -0.377 e. The molecule has 0 spiro atoms. The van der Waals surface area contributed by atoms with Crippen molar-refractivity contribution in [1.82, 2.24) is 15.4 Å². The zero-order chi connectivity index (χ0) is 21.3. The van der Waals surface area contributed by atoms with Crippen LogP contribution in [0.15, 0.2) is 4.99 Å². The molecule has 0 aromatic rings. The molecule has 0 aromatic heterocycles. The molecule has 0 aromatic carbocycles. The molecule has 170 valence electrons. The molecule has 2 aliphatic heterocycles. The van der Waals surface area contributed by atoms with E-state index in [1.54, 1.807) is 7.05 Å². The van der Waals surface area contributed by atoms with E-state index in [1.807, 2.05) is 0 Å².